The highest BCUT2D eigenvalue weighted by Gasteiger charge is 2.33. The number of rotatable bonds is 6. The third-order valence-electron chi connectivity index (χ3n) is 5.08. The summed E-state index contributed by atoms with van der Waals surface area (Å²) in [6.07, 6.45) is 4.32. The number of nitrogens with zero attached hydrogens (tertiary/aromatic N) is 1. The lowest BCUT2D eigenvalue weighted by molar-refractivity contribution is -0.119. The Morgan fingerprint density at radius 1 is 1.15 bits per heavy atom. The summed E-state index contributed by atoms with van der Waals surface area (Å²) < 4.78 is 5.19. The highest BCUT2D eigenvalue weighted by Crippen LogP contribution is 2.28. The van der Waals surface area contributed by atoms with Crippen LogP contribution in [0.3, 0.4) is 0 Å². The molecule has 2 aromatic rings. The molecule has 1 aliphatic heterocycles. The zero-order chi connectivity index (χ0) is 19.2. The third kappa shape index (κ3) is 5.20. The van der Waals surface area contributed by atoms with Gasteiger partial charge in [-0.15, -0.1) is 0 Å². The van der Waals surface area contributed by atoms with Crippen LogP contribution in [0.15, 0.2) is 54.6 Å². The summed E-state index contributed by atoms with van der Waals surface area (Å²) in [4.78, 5) is 14.0. The predicted molar refractivity (Wildman–Crippen MR) is 110 cm³/mol. The Morgan fingerprint density at radius 2 is 1.85 bits per heavy atom. The fourth-order valence-corrected chi connectivity index (χ4v) is 3.65. The van der Waals surface area contributed by atoms with E-state index in [1.807, 2.05) is 12.1 Å². The van der Waals surface area contributed by atoms with E-state index in [1.54, 1.807) is 14.0 Å². The Morgan fingerprint density at radius 3 is 2.48 bits per heavy atom. The van der Waals surface area contributed by atoms with Crippen LogP contribution < -0.4 is 10.1 Å². The number of nitrogens with one attached hydrogen (secondary N) is 1. The molecule has 1 saturated heterocycles. The van der Waals surface area contributed by atoms with Crippen LogP contribution in [0.2, 0.25) is 0 Å². The van der Waals surface area contributed by atoms with Gasteiger partial charge in [0.05, 0.1) is 7.11 Å². The first-order valence-electron chi connectivity index (χ1n) is 9.42. The summed E-state index contributed by atoms with van der Waals surface area (Å²) in [7, 11) is 1.67. The van der Waals surface area contributed by atoms with Gasteiger partial charge in [0.25, 0.3) is 0 Å². The zero-order valence-electron chi connectivity index (χ0n) is 16.3. The average molecular weight is 364 g/mol. The number of amides is 1. The van der Waals surface area contributed by atoms with Crippen molar-refractivity contribution >= 4 is 12.0 Å². The van der Waals surface area contributed by atoms with Gasteiger partial charge in [0.1, 0.15) is 5.75 Å². The summed E-state index contributed by atoms with van der Waals surface area (Å²) in [5.74, 6) is 1.22. The van der Waals surface area contributed by atoms with Crippen molar-refractivity contribution in [2.24, 2.45) is 0 Å². The maximum atomic E-state index is 11.6. The SMILES string of the molecule is COc1ccc(/C=C/CN2C[C@@H](NC(C)=O)[C@H](c3ccc(C)cc3)C2)cc1. The minimum Gasteiger partial charge on any atom is -0.497 e. The van der Waals surface area contributed by atoms with Gasteiger partial charge in [0.15, 0.2) is 0 Å². The van der Waals surface area contributed by atoms with Crippen molar-refractivity contribution in [3.63, 3.8) is 0 Å². The largest absolute Gasteiger partial charge is 0.497 e. The molecule has 27 heavy (non-hydrogen) atoms. The fraction of sp³-hybridized carbons (Fsp3) is 0.348. The minimum absolute atomic E-state index is 0.0349. The molecule has 0 saturated carbocycles. The molecule has 4 nitrogen and oxygen atoms in total. The molecule has 2 aromatic carbocycles. The van der Waals surface area contributed by atoms with Crippen molar-refractivity contribution in [3.05, 3.63) is 71.3 Å². The zero-order valence-corrected chi connectivity index (χ0v) is 16.3. The van der Waals surface area contributed by atoms with E-state index < -0.39 is 0 Å². The lowest BCUT2D eigenvalue weighted by Crippen LogP contribution is -2.38. The topological polar surface area (TPSA) is 41.6 Å². The van der Waals surface area contributed by atoms with E-state index in [4.69, 9.17) is 4.74 Å². The molecule has 1 aliphatic rings. The highest BCUT2D eigenvalue weighted by molar-refractivity contribution is 5.73. The Labute approximate surface area is 161 Å². The molecule has 4 heteroatoms. The van der Waals surface area contributed by atoms with Crippen LogP contribution in [0, 0.1) is 6.92 Å². The number of methoxy groups -OCH3 is 1. The lowest BCUT2D eigenvalue weighted by Gasteiger charge is -2.19. The summed E-state index contributed by atoms with van der Waals surface area (Å²) in [5, 5.41) is 3.14. The maximum Gasteiger partial charge on any atom is 0.217 e. The van der Waals surface area contributed by atoms with E-state index in [0.29, 0.717) is 5.92 Å². The third-order valence-corrected chi connectivity index (χ3v) is 5.08. The number of hydrogen-bond acceptors (Lipinski definition) is 3. The first-order chi connectivity index (χ1) is 13.0. The lowest BCUT2D eigenvalue weighted by atomic mass is 9.93. The Kier molecular flexibility index (Phi) is 6.30. The summed E-state index contributed by atoms with van der Waals surface area (Å²) >= 11 is 0. The van der Waals surface area contributed by atoms with E-state index >= 15 is 0 Å². The smallest absolute Gasteiger partial charge is 0.217 e. The molecule has 1 heterocycles. The molecule has 1 fully saturated rings. The number of carbonyl (C=O) groups excluding carboxylic acids is 1. The van der Waals surface area contributed by atoms with E-state index in [2.05, 4.69) is 65.7 Å². The van der Waals surface area contributed by atoms with Crippen molar-refractivity contribution in [1.82, 2.24) is 10.2 Å². The van der Waals surface area contributed by atoms with Gasteiger partial charge < -0.3 is 10.1 Å². The molecule has 0 aromatic heterocycles. The second-order valence-corrected chi connectivity index (χ2v) is 7.22. The van der Waals surface area contributed by atoms with E-state index in [-0.39, 0.29) is 11.9 Å². The van der Waals surface area contributed by atoms with Gasteiger partial charge in [0, 0.05) is 38.5 Å². The second kappa shape index (κ2) is 8.87. The molecule has 0 aliphatic carbocycles. The first kappa shape index (κ1) is 19.2. The molecule has 142 valence electrons. The maximum absolute atomic E-state index is 11.6. The Balaban J connectivity index is 1.64. The van der Waals surface area contributed by atoms with Gasteiger partial charge >= 0.3 is 0 Å². The monoisotopic (exact) mass is 364 g/mol. The van der Waals surface area contributed by atoms with Crippen molar-refractivity contribution in [3.8, 4) is 5.75 Å². The van der Waals surface area contributed by atoms with Crippen molar-refractivity contribution in [2.75, 3.05) is 26.7 Å². The van der Waals surface area contributed by atoms with E-state index in [0.717, 1.165) is 30.9 Å². The van der Waals surface area contributed by atoms with Crippen molar-refractivity contribution in [2.45, 2.75) is 25.8 Å². The van der Waals surface area contributed by atoms with E-state index in [1.165, 1.54) is 11.1 Å². The summed E-state index contributed by atoms with van der Waals surface area (Å²) in [6, 6.07) is 16.9. The Hall–Kier alpha value is -2.59. The van der Waals surface area contributed by atoms with Crippen LogP contribution >= 0.6 is 0 Å². The van der Waals surface area contributed by atoms with Crippen LogP contribution in [-0.2, 0) is 4.79 Å². The van der Waals surface area contributed by atoms with Gasteiger partial charge in [-0.3, -0.25) is 9.69 Å². The molecule has 0 spiro atoms. The molecule has 0 unspecified atom stereocenters. The average Bonchev–Trinajstić information content (AvgIpc) is 3.05. The number of likely N-dealkylation sites (tertiary alicyclic amines) is 1. The quantitative estimate of drug-likeness (QED) is 0.851. The number of hydrogen-bond donors (Lipinski definition) is 1. The first-order valence-corrected chi connectivity index (χ1v) is 9.42. The predicted octanol–water partition coefficient (Wildman–Crippen LogP) is 3.62. The van der Waals surface area contributed by atoms with Gasteiger partial charge in [0.2, 0.25) is 5.91 Å². The van der Waals surface area contributed by atoms with Crippen molar-refractivity contribution < 1.29 is 9.53 Å². The molecule has 1 N–H and O–H groups in total. The molecular formula is C23H28N2O2. The number of ether oxygens (including phenoxy) is 1. The molecule has 2 atom stereocenters. The van der Waals surface area contributed by atoms with Gasteiger partial charge in [-0.05, 0) is 30.2 Å². The van der Waals surface area contributed by atoms with Crippen LogP contribution in [0.25, 0.3) is 6.08 Å². The number of aryl methyl sites for hydroxylation is 1. The summed E-state index contributed by atoms with van der Waals surface area (Å²) in [6.45, 7) is 6.37. The normalized spacial score (nSPS) is 20.1. The Bertz CT molecular complexity index is 781. The van der Waals surface area contributed by atoms with Crippen LogP contribution in [0.1, 0.15) is 29.5 Å². The van der Waals surface area contributed by atoms with Crippen LogP contribution in [0.4, 0.5) is 0 Å². The molecule has 0 bridgehead atoms. The molecular weight excluding hydrogens is 336 g/mol. The number of benzene rings is 2. The fourth-order valence-electron chi connectivity index (χ4n) is 3.65. The minimum atomic E-state index is 0.0349. The molecule has 1 amide bonds. The van der Waals surface area contributed by atoms with E-state index in [9.17, 15) is 4.79 Å². The molecule has 0 radical (unpaired) electrons. The highest BCUT2D eigenvalue weighted by atomic mass is 16.5. The summed E-state index contributed by atoms with van der Waals surface area (Å²) in [5.41, 5.74) is 3.71. The standard InChI is InChI=1S/C23H28N2O2/c1-17-6-10-20(11-7-17)22-15-25(16-23(22)24-18(2)26)14-4-5-19-8-12-21(27-3)13-9-19/h4-13,22-23H,14-16H2,1-3H3,(H,24,26)/b5-4+/t22-,23+/m0/s1. The van der Waals surface area contributed by atoms with Gasteiger partial charge in [-0.2, -0.15) is 0 Å². The van der Waals surface area contributed by atoms with Gasteiger partial charge in [-0.25, -0.2) is 0 Å². The van der Waals surface area contributed by atoms with Gasteiger partial charge in [-0.1, -0.05) is 54.1 Å². The van der Waals surface area contributed by atoms with Crippen LogP contribution in [-0.4, -0.2) is 43.6 Å². The van der Waals surface area contributed by atoms with Crippen molar-refractivity contribution in [1.29, 1.82) is 0 Å². The second-order valence-electron chi connectivity index (χ2n) is 7.22. The molecule has 3 rings (SSSR count). The van der Waals surface area contributed by atoms with Crippen LogP contribution in [0.5, 0.6) is 5.75 Å². The number of carbonyl (C=O) groups is 1.